The van der Waals surface area contributed by atoms with Crippen molar-refractivity contribution in [3.05, 3.63) is 109 Å². The molecular weight excluding hydrogens is 497 g/mol. The summed E-state index contributed by atoms with van der Waals surface area (Å²) >= 11 is 12.1. The highest BCUT2D eigenvalue weighted by molar-refractivity contribution is 6.34. The second kappa shape index (κ2) is 9.28. The molecule has 0 unspecified atom stereocenters. The van der Waals surface area contributed by atoms with E-state index >= 15 is 0 Å². The molecule has 0 spiro atoms. The molecule has 0 fully saturated rings. The van der Waals surface area contributed by atoms with Crippen LogP contribution in [0, 0.1) is 10.1 Å². The first kappa shape index (κ1) is 24.1. The van der Waals surface area contributed by atoms with Gasteiger partial charge in [-0.15, -0.1) is 0 Å². The minimum atomic E-state index is -1.37. The van der Waals surface area contributed by atoms with Gasteiger partial charge in [-0.05, 0) is 49.4 Å². The zero-order valence-corrected chi connectivity index (χ0v) is 19.5. The van der Waals surface area contributed by atoms with Gasteiger partial charge in [-0.25, -0.2) is 5.01 Å². The lowest BCUT2D eigenvalue weighted by Crippen LogP contribution is -2.56. The number of imide groups is 1. The molecule has 1 aliphatic rings. The van der Waals surface area contributed by atoms with Gasteiger partial charge in [0.15, 0.2) is 5.78 Å². The minimum absolute atomic E-state index is 0.0243. The van der Waals surface area contributed by atoms with Crippen LogP contribution in [0.1, 0.15) is 48.4 Å². The van der Waals surface area contributed by atoms with Crippen LogP contribution in [0.3, 0.4) is 0 Å². The van der Waals surface area contributed by atoms with Crippen molar-refractivity contribution >= 4 is 52.4 Å². The largest absolute Gasteiger partial charge is 0.292 e. The minimum Gasteiger partial charge on any atom is -0.292 e. The Bertz CT molecular complexity index is 1410. The number of nitrogens with zero attached hydrogens (tertiary/aromatic N) is 3. The number of amides is 3. The normalized spacial score (nSPS) is 13.4. The fourth-order valence-electron chi connectivity index (χ4n) is 3.77. The van der Waals surface area contributed by atoms with Gasteiger partial charge in [0.2, 0.25) is 0 Å². The second-order valence-corrected chi connectivity index (χ2v) is 8.40. The lowest BCUT2D eigenvalue weighted by Gasteiger charge is -2.34. The van der Waals surface area contributed by atoms with Crippen molar-refractivity contribution in [3.8, 4) is 0 Å². The van der Waals surface area contributed by atoms with Crippen molar-refractivity contribution in [2.45, 2.75) is 13.0 Å². The maximum Gasteiger partial charge on any atom is 0.287 e. The maximum absolute atomic E-state index is 13.6. The molecule has 4 rings (SSSR count). The molecule has 11 heteroatoms. The SMILES string of the molecule is C[C@@H](C(=O)c1ccc(Cl)cc1)N(C(=O)c1ccccc1Cl)N1C(=O)c2cccc([N+](=O)[O-])c2C1=O. The van der Waals surface area contributed by atoms with Crippen LogP contribution in [0.25, 0.3) is 0 Å². The molecule has 9 nitrogen and oxygen atoms in total. The van der Waals surface area contributed by atoms with Crippen molar-refractivity contribution in [3.63, 3.8) is 0 Å². The van der Waals surface area contributed by atoms with Gasteiger partial charge in [-0.3, -0.25) is 29.3 Å². The molecular formula is C24H15Cl2N3O6. The predicted octanol–water partition coefficient (Wildman–Crippen LogP) is 4.83. The third kappa shape index (κ3) is 4.16. The molecule has 3 amide bonds. The predicted molar refractivity (Wildman–Crippen MR) is 126 cm³/mol. The fourth-order valence-corrected chi connectivity index (χ4v) is 4.11. The van der Waals surface area contributed by atoms with E-state index in [4.69, 9.17) is 23.2 Å². The molecule has 35 heavy (non-hydrogen) atoms. The van der Waals surface area contributed by atoms with Gasteiger partial charge in [-0.2, -0.15) is 5.01 Å². The molecule has 3 aromatic rings. The first-order valence-electron chi connectivity index (χ1n) is 10.2. The van der Waals surface area contributed by atoms with E-state index < -0.39 is 45.7 Å². The number of carbonyl (C=O) groups excluding carboxylic acids is 4. The van der Waals surface area contributed by atoms with Crippen LogP contribution in [0.5, 0.6) is 0 Å². The fraction of sp³-hybridized carbons (Fsp3) is 0.0833. The van der Waals surface area contributed by atoms with Crippen LogP contribution in [-0.4, -0.2) is 44.5 Å². The van der Waals surface area contributed by atoms with Crippen LogP contribution in [0.4, 0.5) is 5.69 Å². The zero-order valence-electron chi connectivity index (χ0n) is 18.0. The summed E-state index contributed by atoms with van der Waals surface area (Å²) in [6.45, 7) is 1.34. The van der Waals surface area contributed by atoms with E-state index in [2.05, 4.69) is 0 Å². The molecule has 1 atom stereocenters. The number of Topliss-reactive ketones (excluding diaryl/α,β-unsaturated/α-hetero) is 1. The Morgan fingerprint density at radius 3 is 2.23 bits per heavy atom. The first-order valence-corrected chi connectivity index (χ1v) is 10.9. The molecule has 3 aromatic carbocycles. The Morgan fingerprint density at radius 2 is 1.60 bits per heavy atom. The number of hydrogen-bond donors (Lipinski definition) is 0. The second-order valence-electron chi connectivity index (χ2n) is 7.56. The molecule has 1 aliphatic heterocycles. The van der Waals surface area contributed by atoms with Gasteiger partial charge in [0.05, 0.1) is 21.1 Å². The van der Waals surface area contributed by atoms with Gasteiger partial charge in [0.25, 0.3) is 23.4 Å². The zero-order chi connectivity index (χ0) is 25.4. The highest BCUT2D eigenvalue weighted by atomic mass is 35.5. The molecule has 1 heterocycles. The van der Waals surface area contributed by atoms with Crippen molar-refractivity contribution < 1.29 is 24.1 Å². The third-order valence-corrected chi connectivity index (χ3v) is 6.05. The van der Waals surface area contributed by atoms with Crippen LogP contribution in [-0.2, 0) is 0 Å². The number of hydrogen-bond acceptors (Lipinski definition) is 6. The lowest BCUT2D eigenvalue weighted by atomic mass is 10.0. The summed E-state index contributed by atoms with van der Waals surface area (Å²) in [5, 5.41) is 13.1. The van der Waals surface area contributed by atoms with Crippen LogP contribution < -0.4 is 0 Å². The number of rotatable bonds is 6. The smallest absolute Gasteiger partial charge is 0.287 e. The molecule has 0 aromatic heterocycles. The summed E-state index contributed by atoms with van der Waals surface area (Å²) in [5.41, 5.74) is -1.22. The molecule has 0 bridgehead atoms. The Balaban J connectivity index is 1.85. The van der Waals surface area contributed by atoms with E-state index in [1.165, 1.54) is 61.5 Å². The molecule has 0 saturated heterocycles. The Morgan fingerprint density at radius 1 is 0.943 bits per heavy atom. The lowest BCUT2D eigenvalue weighted by molar-refractivity contribution is -0.385. The average Bonchev–Trinajstić information content (AvgIpc) is 3.09. The van der Waals surface area contributed by atoms with E-state index in [0.717, 1.165) is 6.07 Å². The molecule has 0 radical (unpaired) electrons. The van der Waals surface area contributed by atoms with E-state index in [1.54, 1.807) is 6.07 Å². The summed E-state index contributed by atoms with van der Waals surface area (Å²) in [4.78, 5) is 64.3. The molecule has 0 aliphatic carbocycles. The van der Waals surface area contributed by atoms with Crippen molar-refractivity contribution in [1.29, 1.82) is 0 Å². The number of benzene rings is 3. The summed E-state index contributed by atoms with van der Waals surface area (Å²) in [7, 11) is 0. The standard InChI is InChI=1S/C24H15Cl2N3O6/c1-13(21(30)14-9-11-15(25)12-10-14)27(22(31)16-5-2-3-7-18(16)26)28-23(32)17-6-4-8-19(29(34)35)20(17)24(28)33/h2-13H,1H3/t13-/m0/s1. The van der Waals surface area contributed by atoms with Crippen LogP contribution >= 0.6 is 23.2 Å². The summed E-state index contributed by atoms with van der Waals surface area (Å²) in [6.07, 6.45) is 0. The summed E-state index contributed by atoms with van der Waals surface area (Å²) in [5.74, 6) is -3.60. The molecule has 176 valence electrons. The highest BCUT2D eigenvalue weighted by Gasteiger charge is 2.48. The summed E-state index contributed by atoms with van der Waals surface area (Å²) < 4.78 is 0. The number of carbonyl (C=O) groups is 4. The Kier molecular flexibility index (Phi) is 6.38. The van der Waals surface area contributed by atoms with E-state index in [9.17, 15) is 29.3 Å². The Hall–Kier alpha value is -4.08. The van der Waals surface area contributed by atoms with E-state index in [0.29, 0.717) is 15.0 Å². The van der Waals surface area contributed by atoms with Gasteiger partial charge in [0.1, 0.15) is 11.6 Å². The third-order valence-electron chi connectivity index (χ3n) is 5.47. The van der Waals surface area contributed by atoms with Crippen LogP contribution in [0.15, 0.2) is 66.7 Å². The quantitative estimate of drug-likeness (QED) is 0.202. The summed E-state index contributed by atoms with van der Waals surface area (Å²) in [6, 6.07) is 14.0. The Labute approximate surface area is 208 Å². The highest BCUT2D eigenvalue weighted by Crippen LogP contribution is 2.34. The number of fused-ring (bicyclic) bond motifs is 1. The van der Waals surface area contributed by atoms with Crippen LogP contribution in [0.2, 0.25) is 10.0 Å². The van der Waals surface area contributed by atoms with Gasteiger partial charge < -0.3 is 0 Å². The van der Waals surface area contributed by atoms with Gasteiger partial charge in [0, 0.05) is 16.7 Å². The number of nitro benzene ring substituents is 1. The topological polar surface area (TPSA) is 118 Å². The van der Waals surface area contributed by atoms with Crippen molar-refractivity contribution in [1.82, 2.24) is 10.0 Å². The van der Waals surface area contributed by atoms with E-state index in [-0.39, 0.29) is 21.7 Å². The van der Waals surface area contributed by atoms with Gasteiger partial charge >= 0.3 is 0 Å². The monoisotopic (exact) mass is 511 g/mol. The maximum atomic E-state index is 13.6. The van der Waals surface area contributed by atoms with Crippen molar-refractivity contribution in [2.75, 3.05) is 0 Å². The number of ketones is 1. The number of halogens is 2. The van der Waals surface area contributed by atoms with Gasteiger partial charge in [-0.1, -0.05) is 41.4 Å². The van der Waals surface area contributed by atoms with Crippen molar-refractivity contribution in [2.24, 2.45) is 0 Å². The molecule has 0 N–H and O–H groups in total. The van der Waals surface area contributed by atoms with E-state index in [1.807, 2.05) is 0 Å². The number of nitro groups is 1. The first-order chi connectivity index (χ1) is 16.6. The number of hydrazine groups is 1. The average molecular weight is 512 g/mol. The molecule has 0 saturated carbocycles.